The molecule has 10 heteroatoms. The number of hydrogen-bond donors (Lipinski definition) is 2. The quantitative estimate of drug-likeness (QED) is 0.329. The molecule has 2 amide bonds. The fraction of sp³-hybridized carbons (Fsp3) is 0.259. The lowest BCUT2D eigenvalue weighted by atomic mass is 10.1. The van der Waals surface area contributed by atoms with Gasteiger partial charge in [-0.25, -0.2) is 0 Å². The normalized spacial score (nSPS) is 14.9. The van der Waals surface area contributed by atoms with Gasteiger partial charge in [0.1, 0.15) is 12.4 Å². The van der Waals surface area contributed by atoms with Crippen LogP contribution in [0.3, 0.4) is 0 Å². The van der Waals surface area contributed by atoms with Crippen LogP contribution in [0.1, 0.15) is 18.9 Å². The molecule has 1 aliphatic heterocycles. The SMILES string of the molecule is CCOc1ccc(N2C[C@H](C(=O)NNc3ccc(OCc4ccc(Cl)c(Cl)c4)c(OC)c3)CC2=O)cc1. The number of carbonyl (C=O) groups is 2. The van der Waals surface area contributed by atoms with Crippen molar-refractivity contribution in [1.82, 2.24) is 5.43 Å². The van der Waals surface area contributed by atoms with Gasteiger partial charge < -0.3 is 19.1 Å². The largest absolute Gasteiger partial charge is 0.494 e. The minimum absolute atomic E-state index is 0.102. The van der Waals surface area contributed by atoms with Crippen LogP contribution in [0.2, 0.25) is 10.0 Å². The van der Waals surface area contributed by atoms with Crippen molar-refractivity contribution < 1.29 is 23.8 Å². The second-order valence-corrected chi connectivity index (χ2v) is 9.16. The van der Waals surface area contributed by atoms with E-state index in [1.165, 1.54) is 7.11 Å². The van der Waals surface area contributed by atoms with Gasteiger partial charge in [0.05, 0.1) is 35.4 Å². The minimum Gasteiger partial charge on any atom is -0.494 e. The molecule has 4 rings (SSSR count). The maximum absolute atomic E-state index is 12.8. The van der Waals surface area contributed by atoms with Crippen molar-refractivity contribution in [3.8, 4) is 17.2 Å². The molecule has 0 spiro atoms. The monoisotopic (exact) mass is 543 g/mol. The third kappa shape index (κ3) is 6.58. The highest BCUT2D eigenvalue weighted by Gasteiger charge is 2.35. The molecule has 3 aromatic carbocycles. The zero-order valence-corrected chi connectivity index (χ0v) is 21.9. The van der Waals surface area contributed by atoms with E-state index in [0.29, 0.717) is 40.4 Å². The molecule has 194 valence electrons. The lowest BCUT2D eigenvalue weighted by Crippen LogP contribution is -2.36. The van der Waals surface area contributed by atoms with Gasteiger partial charge in [0.2, 0.25) is 11.8 Å². The summed E-state index contributed by atoms with van der Waals surface area (Å²) in [7, 11) is 1.53. The molecular formula is C27H27Cl2N3O5. The van der Waals surface area contributed by atoms with E-state index in [1.807, 2.05) is 37.3 Å². The Balaban J connectivity index is 1.32. The molecule has 2 N–H and O–H groups in total. The summed E-state index contributed by atoms with van der Waals surface area (Å²) in [6, 6.07) is 17.7. The molecule has 3 aromatic rings. The molecule has 0 saturated carbocycles. The van der Waals surface area contributed by atoms with E-state index < -0.39 is 5.92 Å². The second kappa shape index (κ2) is 12.1. The van der Waals surface area contributed by atoms with E-state index in [2.05, 4.69) is 10.9 Å². The van der Waals surface area contributed by atoms with Crippen LogP contribution in [-0.2, 0) is 16.2 Å². The number of anilines is 2. The highest BCUT2D eigenvalue weighted by atomic mass is 35.5. The zero-order chi connectivity index (χ0) is 26.4. The van der Waals surface area contributed by atoms with Crippen LogP contribution in [-0.4, -0.2) is 32.1 Å². The Morgan fingerprint density at radius 2 is 1.78 bits per heavy atom. The van der Waals surface area contributed by atoms with Crippen molar-refractivity contribution in [2.75, 3.05) is 30.6 Å². The molecule has 0 aliphatic carbocycles. The molecule has 1 saturated heterocycles. The third-order valence-electron chi connectivity index (χ3n) is 5.83. The van der Waals surface area contributed by atoms with Gasteiger partial charge >= 0.3 is 0 Å². The summed E-state index contributed by atoms with van der Waals surface area (Å²) in [6.07, 6.45) is 0.130. The number of nitrogens with zero attached hydrogens (tertiary/aromatic N) is 1. The van der Waals surface area contributed by atoms with Crippen molar-refractivity contribution in [3.05, 3.63) is 76.3 Å². The lowest BCUT2D eigenvalue weighted by molar-refractivity contribution is -0.125. The van der Waals surface area contributed by atoms with Crippen molar-refractivity contribution >= 4 is 46.4 Å². The summed E-state index contributed by atoms with van der Waals surface area (Å²) < 4.78 is 16.8. The fourth-order valence-electron chi connectivity index (χ4n) is 3.91. The van der Waals surface area contributed by atoms with Crippen molar-refractivity contribution in [2.45, 2.75) is 20.0 Å². The molecule has 1 atom stereocenters. The summed E-state index contributed by atoms with van der Waals surface area (Å²) in [4.78, 5) is 26.9. The average Bonchev–Trinajstić information content (AvgIpc) is 3.30. The predicted octanol–water partition coefficient (Wildman–Crippen LogP) is 5.48. The molecule has 0 unspecified atom stereocenters. The van der Waals surface area contributed by atoms with Crippen LogP contribution in [0.5, 0.6) is 17.2 Å². The molecule has 8 nitrogen and oxygen atoms in total. The number of halogens is 2. The number of carbonyl (C=O) groups excluding carboxylic acids is 2. The number of ether oxygens (including phenoxy) is 3. The van der Waals surface area contributed by atoms with Crippen LogP contribution in [0.4, 0.5) is 11.4 Å². The van der Waals surface area contributed by atoms with Crippen LogP contribution in [0.15, 0.2) is 60.7 Å². The first kappa shape index (κ1) is 26.4. The number of methoxy groups -OCH3 is 1. The zero-order valence-electron chi connectivity index (χ0n) is 20.4. The molecule has 0 bridgehead atoms. The Hall–Kier alpha value is -3.62. The highest BCUT2D eigenvalue weighted by Crippen LogP contribution is 2.32. The first-order valence-electron chi connectivity index (χ1n) is 11.7. The number of rotatable bonds is 10. The van der Waals surface area contributed by atoms with Crippen molar-refractivity contribution in [1.29, 1.82) is 0 Å². The third-order valence-corrected chi connectivity index (χ3v) is 6.57. The Kier molecular flexibility index (Phi) is 8.63. The Morgan fingerprint density at radius 1 is 1.00 bits per heavy atom. The first-order valence-corrected chi connectivity index (χ1v) is 12.5. The average molecular weight is 544 g/mol. The molecule has 1 aliphatic rings. The lowest BCUT2D eigenvalue weighted by Gasteiger charge is -2.18. The van der Waals surface area contributed by atoms with E-state index >= 15 is 0 Å². The number of nitrogens with one attached hydrogen (secondary N) is 2. The smallest absolute Gasteiger partial charge is 0.243 e. The number of amides is 2. The van der Waals surface area contributed by atoms with Crippen molar-refractivity contribution in [2.24, 2.45) is 5.92 Å². The van der Waals surface area contributed by atoms with Gasteiger partial charge in [0.25, 0.3) is 0 Å². The van der Waals surface area contributed by atoms with Crippen LogP contribution >= 0.6 is 23.2 Å². The highest BCUT2D eigenvalue weighted by molar-refractivity contribution is 6.42. The van der Waals surface area contributed by atoms with E-state index in [-0.39, 0.29) is 24.8 Å². The Bertz CT molecular complexity index is 1270. The topological polar surface area (TPSA) is 89.1 Å². The molecule has 0 aromatic heterocycles. The van der Waals surface area contributed by atoms with Gasteiger partial charge in [-0.1, -0.05) is 29.3 Å². The second-order valence-electron chi connectivity index (χ2n) is 8.35. The summed E-state index contributed by atoms with van der Waals surface area (Å²) in [6.45, 7) is 3.05. The van der Waals surface area contributed by atoms with E-state index in [9.17, 15) is 9.59 Å². The van der Waals surface area contributed by atoms with Crippen LogP contribution in [0, 0.1) is 5.92 Å². The summed E-state index contributed by atoms with van der Waals surface area (Å²) in [5, 5.41) is 0.933. The van der Waals surface area contributed by atoms with E-state index in [1.54, 1.807) is 35.2 Å². The number of benzene rings is 3. The predicted molar refractivity (Wildman–Crippen MR) is 144 cm³/mol. The maximum Gasteiger partial charge on any atom is 0.243 e. The minimum atomic E-state index is -0.484. The fourth-order valence-corrected chi connectivity index (χ4v) is 4.23. The summed E-state index contributed by atoms with van der Waals surface area (Å²) >= 11 is 12.0. The van der Waals surface area contributed by atoms with E-state index in [4.69, 9.17) is 37.4 Å². The van der Waals surface area contributed by atoms with Crippen LogP contribution in [0.25, 0.3) is 0 Å². The van der Waals surface area contributed by atoms with Crippen molar-refractivity contribution in [3.63, 3.8) is 0 Å². The molecule has 1 fully saturated rings. The summed E-state index contributed by atoms with van der Waals surface area (Å²) in [5.41, 5.74) is 7.77. The van der Waals surface area contributed by atoms with Gasteiger partial charge in [0, 0.05) is 24.7 Å². The van der Waals surface area contributed by atoms with Gasteiger partial charge in [-0.2, -0.15) is 0 Å². The molecular weight excluding hydrogens is 517 g/mol. The molecule has 0 radical (unpaired) electrons. The Morgan fingerprint density at radius 3 is 2.49 bits per heavy atom. The number of hydrazine groups is 1. The Labute approximate surface area is 225 Å². The number of hydrogen-bond acceptors (Lipinski definition) is 6. The standard InChI is InChI=1S/C27H27Cl2N3O5/c1-3-36-21-8-6-20(7-9-21)32-15-18(13-26(32)33)27(34)31-30-19-5-11-24(25(14-19)35-2)37-16-17-4-10-22(28)23(29)12-17/h4-12,14,18,30H,3,13,15-16H2,1-2H3,(H,31,34)/t18-/m1/s1. The van der Waals surface area contributed by atoms with Gasteiger partial charge in [-0.3, -0.25) is 20.4 Å². The summed E-state index contributed by atoms with van der Waals surface area (Å²) in [5.74, 6) is 0.880. The van der Waals surface area contributed by atoms with E-state index in [0.717, 1.165) is 17.0 Å². The maximum atomic E-state index is 12.8. The van der Waals surface area contributed by atoms with Crippen LogP contribution < -0.4 is 30.0 Å². The van der Waals surface area contributed by atoms with Gasteiger partial charge in [-0.05, 0) is 61.0 Å². The first-order chi connectivity index (χ1) is 17.9. The van der Waals surface area contributed by atoms with Gasteiger partial charge in [-0.15, -0.1) is 0 Å². The molecule has 1 heterocycles. The van der Waals surface area contributed by atoms with Gasteiger partial charge in [0.15, 0.2) is 11.5 Å². The molecule has 37 heavy (non-hydrogen) atoms.